The SMILES string of the molecule is Cc1ccc(-c2cc(C(=O)N3CCCC3C(=O)O)n[nH]2)o1. The summed E-state index contributed by atoms with van der Waals surface area (Å²) in [6.07, 6.45) is 1.17. The Kier molecular flexibility index (Phi) is 3.25. The van der Waals surface area contributed by atoms with Crippen molar-refractivity contribution >= 4 is 11.9 Å². The standard InChI is InChI=1S/C14H15N3O4/c1-8-4-5-12(21-8)9-7-10(16-15-9)13(18)17-6-2-3-11(17)14(19)20/h4-5,7,11H,2-3,6H2,1H3,(H,15,16)(H,19,20). The van der Waals surface area contributed by atoms with Crippen molar-refractivity contribution < 1.29 is 19.1 Å². The second-order valence-electron chi connectivity index (χ2n) is 5.07. The fraction of sp³-hybridized carbons (Fsp3) is 0.357. The van der Waals surface area contributed by atoms with E-state index in [0.717, 1.165) is 5.76 Å². The zero-order valence-corrected chi connectivity index (χ0v) is 11.5. The number of aryl methyl sites for hydroxylation is 1. The number of carbonyl (C=O) groups is 2. The maximum Gasteiger partial charge on any atom is 0.326 e. The minimum Gasteiger partial charge on any atom is -0.480 e. The summed E-state index contributed by atoms with van der Waals surface area (Å²) >= 11 is 0. The molecule has 2 aromatic heterocycles. The summed E-state index contributed by atoms with van der Waals surface area (Å²) in [6.45, 7) is 2.27. The van der Waals surface area contributed by atoms with E-state index < -0.39 is 12.0 Å². The molecular weight excluding hydrogens is 274 g/mol. The lowest BCUT2D eigenvalue weighted by molar-refractivity contribution is -0.141. The van der Waals surface area contributed by atoms with E-state index in [1.165, 1.54) is 4.90 Å². The third kappa shape index (κ3) is 2.42. The molecule has 0 radical (unpaired) electrons. The van der Waals surface area contributed by atoms with E-state index >= 15 is 0 Å². The zero-order chi connectivity index (χ0) is 15.0. The Balaban J connectivity index is 1.83. The largest absolute Gasteiger partial charge is 0.480 e. The highest BCUT2D eigenvalue weighted by Crippen LogP contribution is 2.23. The Morgan fingerprint density at radius 2 is 2.29 bits per heavy atom. The van der Waals surface area contributed by atoms with Crippen LogP contribution in [0.4, 0.5) is 0 Å². The fourth-order valence-electron chi connectivity index (χ4n) is 2.55. The van der Waals surface area contributed by atoms with E-state index in [4.69, 9.17) is 9.52 Å². The van der Waals surface area contributed by atoms with Crippen LogP contribution >= 0.6 is 0 Å². The van der Waals surface area contributed by atoms with Gasteiger partial charge in [-0.25, -0.2) is 4.79 Å². The van der Waals surface area contributed by atoms with Crippen LogP contribution in [-0.4, -0.2) is 44.7 Å². The molecule has 2 N–H and O–H groups in total. The van der Waals surface area contributed by atoms with Crippen molar-refractivity contribution in [1.29, 1.82) is 0 Å². The lowest BCUT2D eigenvalue weighted by Gasteiger charge is -2.19. The number of nitrogens with one attached hydrogen (secondary N) is 1. The molecule has 7 nitrogen and oxygen atoms in total. The average molecular weight is 289 g/mol. The predicted octanol–water partition coefficient (Wildman–Crippen LogP) is 1.67. The Labute approximate surface area is 120 Å². The van der Waals surface area contributed by atoms with E-state index in [2.05, 4.69) is 10.2 Å². The number of aromatic nitrogens is 2. The van der Waals surface area contributed by atoms with Gasteiger partial charge in [0.25, 0.3) is 5.91 Å². The summed E-state index contributed by atoms with van der Waals surface area (Å²) in [4.78, 5) is 24.9. The van der Waals surface area contributed by atoms with Crippen LogP contribution in [0, 0.1) is 6.92 Å². The van der Waals surface area contributed by atoms with E-state index in [1.807, 2.05) is 13.0 Å². The van der Waals surface area contributed by atoms with Gasteiger partial charge in [0, 0.05) is 12.6 Å². The predicted molar refractivity (Wildman–Crippen MR) is 72.7 cm³/mol. The zero-order valence-electron chi connectivity index (χ0n) is 11.5. The van der Waals surface area contributed by atoms with E-state index in [1.54, 1.807) is 12.1 Å². The van der Waals surface area contributed by atoms with Gasteiger partial charge >= 0.3 is 5.97 Å². The third-order valence-electron chi connectivity index (χ3n) is 3.60. The van der Waals surface area contributed by atoms with Crippen molar-refractivity contribution in [3.63, 3.8) is 0 Å². The van der Waals surface area contributed by atoms with Crippen LogP contribution < -0.4 is 0 Å². The van der Waals surface area contributed by atoms with Crippen LogP contribution in [0.25, 0.3) is 11.5 Å². The quantitative estimate of drug-likeness (QED) is 0.895. The van der Waals surface area contributed by atoms with Crippen LogP contribution in [0.5, 0.6) is 0 Å². The molecule has 0 bridgehead atoms. The molecule has 1 fully saturated rings. The van der Waals surface area contributed by atoms with Gasteiger partial charge < -0.3 is 14.4 Å². The van der Waals surface area contributed by atoms with E-state index in [-0.39, 0.29) is 11.6 Å². The summed E-state index contributed by atoms with van der Waals surface area (Å²) in [6, 6.07) is 4.42. The number of furan rings is 1. The van der Waals surface area contributed by atoms with Crippen LogP contribution in [0.3, 0.4) is 0 Å². The molecule has 1 atom stereocenters. The number of carboxylic acid groups (broad SMARTS) is 1. The minimum atomic E-state index is -0.974. The number of rotatable bonds is 3. The number of carbonyl (C=O) groups excluding carboxylic acids is 1. The maximum absolute atomic E-state index is 12.4. The first kappa shape index (κ1) is 13.4. The van der Waals surface area contributed by atoms with Gasteiger partial charge in [0.05, 0.1) is 0 Å². The fourth-order valence-corrected chi connectivity index (χ4v) is 2.55. The van der Waals surface area contributed by atoms with Crippen molar-refractivity contribution in [2.45, 2.75) is 25.8 Å². The highest BCUT2D eigenvalue weighted by molar-refractivity contribution is 5.96. The second kappa shape index (κ2) is 5.08. The number of H-pyrrole nitrogens is 1. The summed E-state index contributed by atoms with van der Waals surface area (Å²) in [5.41, 5.74) is 0.796. The molecule has 1 aliphatic rings. The highest BCUT2D eigenvalue weighted by atomic mass is 16.4. The van der Waals surface area contributed by atoms with Gasteiger partial charge in [0.15, 0.2) is 11.5 Å². The molecular formula is C14H15N3O4. The first-order valence-electron chi connectivity index (χ1n) is 6.72. The number of aliphatic carboxylic acids is 1. The lowest BCUT2D eigenvalue weighted by atomic mass is 10.2. The topological polar surface area (TPSA) is 99.4 Å². The second-order valence-corrected chi connectivity index (χ2v) is 5.07. The number of aromatic amines is 1. The van der Waals surface area contributed by atoms with Crippen molar-refractivity contribution in [2.75, 3.05) is 6.54 Å². The monoisotopic (exact) mass is 289 g/mol. The molecule has 2 aromatic rings. The molecule has 7 heteroatoms. The normalized spacial score (nSPS) is 18.1. The lowest BCUT2D eigenvalue weighted by Crippen LogP contribution is -2.40. The molecule has 0 aliphatic carbocycles. The van der Waals surface area contributed by atoms with Crippen LogP contribution in [0.2, 0.25) is 0 Å². The molecule has 0 aromatic carbocycles. The average Bonchev–Trinajstić information content (AvgIpc) is 3.17. The first-order valence-corrected chi connectivity index (χ1v) is 6.72. The maximum atomic E-state index is 12.4. The number of hydrogen-bond donors (Lipinski definition) is 2. The van der Waals surface area contributed by atoms with E-state index in [9.17, 15) is 9.59 Å². The van der Waals surface area contributed by atoms with Crippen molar-refractivity contribution in [3.05, 3.63) is 29.7 Å². The molecule has 1 unspecified atom stereocenters. The molecule has 3 rings (SSSR count). The van der Waals surface area contributed by atoms with Gasteiger partial charge in [-0.1, -0.05) is 0 Å². The van der Waals surface area contributed by atoms with Gasteiger partial charge in [-0.3, -0.25) is 9.89 Å². The summed E-state index contributed by atoms with van der Waals surface area (Å²) < 4.78 is 5.46. The molecule has 1 amide bonds. The van der Waals surface area contributed by atoms with Gasteiger partial charge in [0.1, 0.15) is 17.5 Å². The third-order valence-corrected chi connectivity index (χ3v) is 3.60. The number of amides is 1. The molecule has 1 aliphatic heterocycles. The molecule has 3 heterocycles. The van der Waals surface area contributed by atoms with Crippen molar-refractivity contribution in [2.24, 2.45) is 0 Å². The molecule has 1 saturated heterocycles. The Hall–Kier alpha value is -2.57. The van der Waals surface area contributed by atoms with E-state index in [0.29, 0.717) is 30.8 Å². The van der Waals surface area contributed by atoms with Crippen molar-refractivity contribution in [3.8, 4) is 11.5 Å². The Morgan fingerprint density at radius 3 is 2.95 bits per heavy atom. The summed E-state index contributed by atoms with van der Waals surface area (Å²) in [7, 11) is 0. The Bertz CT molecular complexity index is 688. The molecule has 0 spiro atoms. The Morgan fingerprint density at radius 1 is 1.48 bits per heavy atom. The molecule has 0 saturated carbocycles. The van der Waals surface area contributed by atoms with Crippen LogP contribution in [0.15, 0.2) is 22.6 Å². The number of likely N-dealkylation sites (tertiary alicyclic amines) is 1. The summed E-state index contributed by atoms with van der Waals surface area (Å²) in [5, 5.41) is 15.8. The minimum absolute atomic E-state index is 0.201. The number of carboxylic acids is 1. The highest BCUT2D eigenvalue weighted by Gasteiger charge is 2.35. The number of hydrogen-bond acceptors (Lipinski definition) is 4. The van der Waals surface area contributed by atoms with Gasteiger partial charge in [0.2, 0.25) is 0 Å². The first-order chi connectivity index (χ1) is 10.1. The molecule has 110 valence electrons. The van der Waals surface area contributed by atoms with Gasteiger partial charge in [-0.2, -0.15) is 5.10 Å². The smallest absolute Gasteiger partial charge is 0.326 e. The number of nitrogens with zero attached hydrogens (tertiary/aromatic N) is 2. The van der Waals surface area contributed by atoms with Crippen LogP contribution in [-0.2, 0) is 4.79 Å². The van der Waals surface area contributed by atoms with Gasteiger partial charge in [-0.05, 0) is 31.9 Å². The summed E-state index contributed by atoms with van der Waals surface area (Å²) in [5.74, 6) is 0.0113. The van der Waals surface area contributed by atoms with Crippen molar-refractivity contribution in [1.82, 2.24) is 15.1 Å². The molecule has 21 heavy (non-hydrogen) atoms. The van der Waals surface area contributed by atoms with Gasteiger partial charge in [-0.15, -0.1) is 0 Å². The van der Waals surface area contributed by atoms with Crippen LogP contribution in [0.1, 0.15) is 29.1 Å².